The SMILES string of the molecule is N#Cc1ccc2cc(C#N)ccc2c1. The summed E-state index contributed by atoms with van der Waals surface area (Å²) in [7, 11) is 0. The van der Waals surface area contributed by atoms with Crippen LogP contribution in [-0.2, 0) is 0 Å². The zero-order chi connectivity index (χ0) is 9.97. The molecule has 0 bridgehead atoms. The highest BCUT2D eigenvalue weighted by Gasteiger charge is 1.96. The number of hydrogen-bond acceptors (Lipinski definition) is 2. The van der Waals surface area contributed by atoms with Gasteiger partial charge in [0, 0.05) is 0 Å². The maximum Gasteiger partial charge on any atom is 0.0991 e. The highest BCUT2D eigenvalue weighted by Crippen LogP contribution is 2.17. The minimum absolute atomic E-state index is 0.641. The summed E-state index contributed by atoms with van der Waals surface area (Å²) in [5, 5.41) is 19.4. The zero-order valence-electron chi connectivity index (χ0n) is 7.36. The Hall–Kier alpha value is -2.32. The Morgan fingerprint density at radius 3 is 1.50 bits per heavy atom. The average molecular weight is 178 g/mol. The lowest BCUT2D eigenvalue weighted by atomic mass is 10.1. The molecule has 0 unspecified atom stereocenters. The summed E-state index contributed by atoms with van der Waals surface area (Å²) in [6.07, 6.45) is 0. The zero-order valence-corrected chi connectivity index (χ0v) is 7.36. The molecule has 0 saturated heterocycles. The van der Waals surface area contributed by atoms with Crippen molar-refractivity contribution in [1.29, 1.82) is 10.5 Å². The summed E-state index contributed by atoms with van der Waals surface area (Å²) in [4.78, 5) is 0. The first-order chi connectivity index (χ1) is 6.83. The van der Waals surface area contributed by atoms with Crippen molar-refractivity contribution >= 4 is 10.8 Å². The monoisotopic (exact) mass is 178 g/mol. The molecule has 0 spiro atoms. The van der Waals surface area contributed by atoms with Gasteiger partial charge in [-0.15, -0.1) is 0 Å². The van der Waals surface area contributed by atoms with Gasteiger partial charge in [-0.2, -0.15) is 10.5 Å². The van der Waals surface area contributed by atoms with Gasteiger partial charge >= 0.3 is 0 Å². The van der Waals surface area contributed by atoms with Crippen molar-refractivity contribution in [1.82, 2.24) is 0 Å². The van der Waals surface area contributed by atoms with Crippen LogP contribution in [0, 0.1) is 22.7 Å². The van der Waals surface area contributed by atoms with Crippen LogP contribution < -0.4 is 0 Å². The molecule has 0 atom stereocenters. The Morgan fingerprint density at radius 1 is 0.714 bits per heavy atom. The number of nitriles is 2. The fourth-order valence-electron chi connectivity index (χ4n) is 1.38. The van der Waals surface area contributed by atoms with E-state index in [4.69, 9.17) is 10.5 Å². The van der Waals surface area contributed by atoms with Gasteiger partial charge in [0.25, 0.3) is 0 Å². The lowest BCUT2D eigenvalue weighted by Gasteiger charge is -1.97. The summed E-state index contributed by atoms with van der Waals surface area (Å²) in [6.45, 7) is 0. The van der Waals surface area contributed by atoms with Crippen LogP contribution in [0.4, 0.5) is 0 Å². The third-order valence-corrected chi connectivity index (χ3v) is 2.10. The normalized spacial score (nSPS) is 9.29. The summed E-state index contributed by atoms with van der Waals surface area (Å²) >= 11 is 0. The Kier molecular flexibility index (Phi) is 1.89. The van der Waals surface area contributed by atoms with Crippen molar-refractivity contribution in [2.45, 2.75) is 0 Å². The smallest absolute Gasteiger partial charge is 0.0991 e. The molecule has 64 valence electrons. The van der Waals surface area contributed by atoms with E-state index in [2.05, 4.69) is 12.1 Å². The lowest BCUT2D eigenvalue weighted by Crippen LogP contribution is -1.78. The quantitative estimate of drug-likeness (QED) is 0.622. The van der Waals surface area contributed by atoms with Crippen molar-refractivity contribution in [2.75, 3.05) is 0 Å². The van der Waals surface area contributed by atoms with Gasteiger partial charge in [0.1, 0.15) is 0 Å². The topological polar surface area (TPSA) is 47.6 Å². The third-order valence-electron chi connectivity index (χ3n) is 2.10. The van der Waals surface area contributed by atoms with Gasteiger partial charge in [0.15, 0.2) is 0 Å². The van der Waals surface area contributed by atoms with E-state index in [1.807, 2.05) is 24.3 Å². The molecule has 0 aliphatic heterocycles. The Bertz CT molecular complexity index is 518. The van der Waals surface area contributed by atoms with E-state index in [1.54, 1.807) is 12.1 Å². The minimum atomic E-state index is 0.641. The van der Waals surface area contributed by atoms with Crippen LogP contribution in [0.5, 0.6) is 0 Å². The molecule has 2 rings (SSSR count). The van der Waals surface area contributed by atoms with E-state index in [9.17, 15) is 0 Å². The van der Waals surface area contributed by atoms with Crippen LogP contribution in [-0.4, -0.2) is 0 Å². The summed E-state index contributed by atoms with van der Waals surface area (Å²) < 4.78 is 0. The molecular weight excluding hydrogens is 172 g/mol. The molecule has 0 heterocycles. The van der Waals surface area contributed by atoms with Gasteiger partial charge < -0.3 is 0 Å². The van der Waals surface area contributed by atoms with Crippen molar-refractivity contribution < 1.29 is 0 Å². The Balaban J connectivity index is 2.72. The molecule has 0 aromatic heterocycles. The van der Waals surface area contributed by atoms with Crippen LogP contribution >= 0.6 is 0 Å². The van der Waals surface area contributed by atoms with E-state index < -0.39 is 0 Å². The fraction of sp³-hybridized carbons (Fsp3) is 0. The van der Waals surface area contributed by atoms with Gasteiger partial charge in [-0.1, -0.05) is 12.1 Å². The van der Waals surface area contributed by atoms with Crippen LogP contribution in [0.3, 0.4) is 0 Å². The second kappa shape index (κ2) is 3.20. The molecule has 2 heteroatoms. The second-order valence-corrected chi connectivity index (χ2v) is 3.00. The largest absolute Gasteiger partial charge is 0.192 e. The predicted octanol–water partition coefficient (Wildman–Crippen LogP) is 2.58. The van der Waals surface area contributed by atoms with Gasteiger partial charge in [-0.3, -0.25) is 0 Å². The molecule has 0 aliphatic carbocycles. The number of hydrogen-bond donors (Lipinski definition) is 0. The van der Waals surface area contributed by atoms with Crippen LogP contribution in [0.1, 0.15) is 11.1 Å². The predicted molar refractivity (Wildman–Crippen MR) is 53.4 cm³/mol. The molecule has 0 radical (unpaired) electrons. The molecule has 0 N–H and O–H groups in total. The van der Waals surface area contributed by atoms with Gasteiger partial charge in [-0.25, -0.2) is 0 Å². The van der Waals surface area contributed by atoms with Crippen LogP contribution in [0.15, 0.2) is 36.4 Å². The highest BCUT2D eigenvalue weighted by atomic mass is 14.2. The first kappa shape index (κ1) is 8.29. The second-order valence-electron chi connectivity index (χ2n) is 3.00. The van der Waals surface area contributed by atoms with E-state index in [-0.39, 0.29) is 0 Å². The van der Waals surface area contributed by atoms with E-state index in [0.717, 1.165) is 10.8 Å². The molecule has 0 fully saturated rings. The molecule has 2 aromatic rings. The number of fused-ring (bicyclic) bond motifs is 1. The standard InChI is InChI=1S/C12H6N2/c13-7-9-1-3-11-6-10(8-14)2-4-12(11)5-9/h1-6H. The summed E-state index contributed by atoms with van der Waals surface area (Å²) in [6, 6.07) is 15.0. The van der Waals surface area contributed by atoms with Gasteiger partial charge in [0.2, 0.25) is 0 Å². The highest BCUT2D eigenvalue weighted by molar-refractivity contribution is 5.84. The number of benzene rings is 2. The number of nitrogens with zero attached hydrogens (tertiary/aromatic N) is 2. The van der Waals surface area contributed by atoms with E-state index >= 15 is 0 Å². The summed E-state index contributed by atoms with van der Waals surface area (Å²) in [5.41, 5.74) is 1.28. The van der Waals surface area contributed by atoms with E-state index in [1.165, 1.54) is 0 Å². The third kappa shape index (κ3) is 1.30. The molecule has 0 saturated carbocycles. The van der Waals surface area contributed by atoms with Crippen molar-refractivity contribution in [2.24, 2.45) is 0 Å². The molecule has 0 amide bonds. The first-order valence-electron chi connectivity index (χ1n) is 4.17. The van der Waals surface area contributed by atoms with Crippen molar-refractivity contribution in [3.8, 4) is 12.1 Å². The molecule has 14 heavy (non-hydrogen) atoms. The van der Waals surface area contributed by atoms with Crippen LogP contribution in [0.2, 0.25) is 0 Å². The maximum atomic E-state index is 8.70. The summed E-state index contributed by atoms with van der Waals surface area (Å²) in [5.74, 6) is 0. The van der Waals surface area contributed by atoms with E-state index in [0.29, 0.717) is 11.1 Å². The Labute approximate surface area is 81.6 Å². The molecule has 0 aliphatic rings. The molecule has 2 nitrogen and oxygen atoms in total. The maximum absolute atomic E-state index is 8.70. The number of rotatable bonds is 0. The van der Waals surface area contributed by atoms with Crippen LogP contribution in [0.25, 0.3) is 10.8 Å². The van der Waals surface area contributed by atoms with Gasteiger partial charge in [-0.05, 0) is 35.0 Å². The fourth-order valence-corrected chi connectivity index (χ4v) is 1.38. The van der Waals surface area contributed by atoms with Gasteiger partial charge in [0.05, 0.1) is 23.3 Å². The first-order valence-corrected chi connectivity index (χ1v) is 4.17. The van der Waals surface area contributed by atoms with Crippen molar-refractivity contribution in [3.63, 3.8) is 0 Å². The lowest BCUT2D eigenvalue weighted by molar-refractivity contribution is 1.48. The molecular formula is C12H6N2. The molecule has 2 aromatic carbocycles. The minimum Gasteiger partial charge on any atom is -0.192 e. The average Bonchev–Trinajstić information content (AvgIpc) is 2.27. The Morgan fingerprint density at radius 2 is 1.14 bits per heavy atom. The van der Waals surface area contributed by atoms with Crippen molar-refractivity contribution in [3.05, 3.63) is 47.5 Å².